The van der Waals surface area contributed by atoms with Gasteiger partial charge < -0.3 is 14.5 Å². The van der Waals surface area contributed by atoms with Crippen molar-refractivity contribution in [2.24, 2.45) is 0 Å². The monoisotopic (exact) mass is 322 g/mol. The fourth-order valence-electron chi connectivity index (χ4n) is 3.31. The molecule has 3 rings (SSSR count). The van der Waals surface area contributed by atoms with Crippen LogP contribution in [0.4, 0.5) is 0 Å². The van der Waals surface area contributed by atoms with Crippen molar-refractivity contribution < 1.29 is 9.53 Å². The molecule has 0 aromatic carbocycles. The van der Waals surface area contributed by atoms with Crippen LogP contribution in [0.25, 0.3) is 0 Å². The lowest BCUT2D eigenvalue weighted by Crippen LogP contribution is -2.44. The summed E-state index contributed by atoms with van der Waals surface area (Å²) in [5, 5.41) is 11.0. The maximum Gasteiger partial charge on any atom is 0.224 e. The van der Waals surface area contributed by atoms with E-state index in [0.29, 0.717) is 19.5 Å². The fourth-order valence-corrected chi connectivity index (χ4v) is 3.31. The van der Waals surface area contributed by atoms with E-state index in [1.807, 2.05) is 4.90 Å². The predicted molar refractivity (Wildman–Crippen MR) is 83.7 cm³/mol. The quantitative estimate of drug-likeness (QED) is 0.769. The summed E-state index contributed by atoms with van der Waals surface area (Å²) in [7, 11) is 0. The Labute approximate surface area is 136 Å². The number of carbonyl (C=O) groups is 1. The van der Waals surface area contributed by atoms with Gasteiger partial charge in [-0.25, -0.2) is 4.68 Å². The number of amides is 1. The van der Waals surface area contributed by atoms with Crippen LogP contribution < -0.4 is 0 Å². The van der Waals surface area contributed by atoms with Crippen LogP contribution in [-0.2, 0) is 16.1 Å². The Morgan fingerprint density at radius 3 is 2.83 bits per heavy atom. The highest BCUT2D eigenvalue weighted by atomic mass is 16.5. The van der Waals surface area contributed by atoms with Gasteiger partial charge in [-0.1, -0.05) is 6.42 Å². The van der Waals surface area contributed by atoms with Crippen molar-refractivity contribution >= 4 is 5.91 Å². The topological polar surface area (TPSA) is 76.4 Å². The smallest absolute Gasteiger partial charge is 0.224 e. The van der Waals surface area contributed by atoms with Crippen molar-refractivity contribution in [1.29, 1.82) is 0 Å². The Bertz CT molecular complexity index is 474. The molecule has 23 heavy (non-hydrogen) atoms. The molecule has 8 heteroatoms. The number of likely N-dealkylation sites (tertiary alicyclic amines) is 1. The van der Waals surface area contributed by atoms with Gasteiger partial charge in [0.1, 0.15) is 6.33 Å². The van der Waals surface area contributed by atoms with Crippen LogP contribution in [0.3, 0.4) is 0 Å². The molecule has 0 saturated carbocycles. The number of ether oxygens (including phenoxy) is 1. The third-order valence-corrected chi connectivity index (χ3v) is 4.56. The SMILES string of the molecule is O=C(CCn1cnnn1)N1CCCO[C@@H](CN2CCCCC2)C1. The van der Waals surface area contributed by atoms with E-state index in [4.69, 9.17) is 4.74 Å². The molecule has 1 atom stereocenters. The third-order valence-electron chi connectivity index (χ3n) is 4.56. The van der Waals surface area contributed by atoms with Crippen LogP contribution in [0.1, 0.15) is 32.1 Å². The first-order valence-corrected chi connectivity index (χ1v) is 8.64. The molecule has 0 radical (unpaired) electrons. The summed E-state index contributed by atoms with van der Waals surface area (Å²) in [4.78, 5) is 16.9. The average Bonchev–Trinajstić information content (AvgIpc) is 2.99. The van der Waals surface area contributed by atoms with Gasteiger partial charge in [0.15, 0.2) is 0 Å². The van der Waals surface area contributed by atoms with Crippen LogP contribution in [0.2, 0.25) is 0 Å². The second kappa shape index (κ2) is 8.35. The van der Waals surface area contributed by atoms with Crippen molar-refractivity contribution in [2.45, 2.75) is 44.8 Å². The van der Waals surface area contributed by atoms with Gasteiger partial charge >= 0.3 is 0 Å². The maximum atomic E-state index is 12.5. The molecule has 0 bridgehead atoms. The zero-order valence-electron chi connectivity index (χ0n) is 13.6. The number of carbonyl (C=O) groups excluding carboxylic acids is 1. The Morgan fingerprint density at radius 1 is 1.17 bits per heavy atom. The van der Waals surface area contributed by atoms with Crippen molar-refractivity contribution in [3.8, 4) is 0 Å². The van der Waals surface area contributed by atoms with Crippen LogP contribution in [0, 0.1) is 0 Å². The Balaban J connectivity index is 1.48. The van der Waals surface area contributed by atoms with Gasteiger partial charge in [-0.3, -0.25) is 4.79 Å². The second-order valence-electron chi connectivity index (χ2n) is 6.37. The molecule has 1 aromatic heterocycles. The van der Waals surface area contributed by atoms with E-state index >= 15 is 0 Å². The van der Waals surface area contributed by atoms with Crippen molar-refractivity contribution in [3.05, 3.63) is 6.33 Å². The minimum atomic E-state index is 0.132. The summed E-state index contributed by atoms with van der Waals surface area (Å²) in [6, 6.07) is 0. The second-order valence-corrected chi connectivity index (χ2v) is 6.37. The number of hydrogen-bond donors (Lipinski definition) is 0. The Morgan fingerprint density at radius 2 is 2.04 bits per heavy atom. The molecule has 0 aliphatic carbocycles. The van der Waals surface area contributed by atoms with Crippen molar-refractivity contribution in [3.63, 3.8) is 0 Å². The summed E-state index contributed by atoms with van der Waals surface area (Å²) in [5.41, 5.74) is 0. The summed E-state index contributed by atoms with van der Waals surface area (Å²) >= 11 is 0. The van der Waals surface area contributed by atoms with Gasteiger partial charge in [0, 0.05) is 32.7 Å². The van der Waals surface area contributed by atoms with Gasteiger partial charge in [-0.2, -0.15) is 0 Å². The number of piperidine rings is 1. The van der Waals surface area contributed by atoms with Crippen molar-refractivity contribution in [1.82, 2.24) is 30.0 Å². The largest absolute Gasteiger partial charge is 0.375 e. The molecule has 2 aliphatic rings. The van der Waals surface area contributed by atoms with Crippen LogP contribution in [-0.4, -0.2) is 81.3 Å². The first-order chi connectivity index (χ1) is 11.3. The number of nitrogens with zero attached hydrogens (tertiary/aromatic N) is 6. The van der Waals surface area contributed by atoms with Crippen LogP contribution in [0.15, 0.2) is 6.33 Å². The Kier molecular flexibility index (Phi) is 5.93. The van der Waals surface area contributed by atoms with E-state index in [-0.39, 0.29) is 12.0 Å². The lowest BCUT2D eigenvalue weighted by molar-refractivity contribution is -0.132. The summed E-state index contributed by atoms with van der Waals surface area (Å²) in [6.07, 6.45) is 6.91. The van der Waals surface area contributed by atoms with E-state index in [9.17, 15) is 4.79 Å². The number of aryl methyl sites for hydroxylation is 1. The first kappa shape index (κ1) is 16.3. The molecule has 2 fully saturated rings. The molecular weight excluding hydrogens is 296 g/mol. The minimum Gasteiger partial charge on any atom is -0.375 e. The molecule has 8 nitrogen and oxygen atoms in total. The van der Waals surface area contributed by atoms with E-state index in [1.54, 1.807) is 4.68 Å². The van der Waals surface area contributed by atoms with E-state index in [1.165, 1.54) is 25.6 Å². The summed E-state index contributed by atoms with van der Waals surface area (Å²) < 4.78 is 7.56. The van der Waals surface area contributed by atoms with Gasteiger partial charge in [0.2, 0.25) is 5.91 Å². The van der Waals surface area contributed by atoms with Gasteiger partial charge in [-0.15, -0.1) is 5.10 Å². The van der Waals surface area contributed by atoms with E-state index < -0.39 is 0 Å². The van der Waals surface area contributed by atoms with Crippen LogP contribution in [0.5, 0.6) is 0 Å². The van der Waals surface area contributed by atoms with E-state index in [2.05, 4.69) is 20.4 Å². The summed E-state index contributed by atoms with van der Waals surface area (Å²) in [5.74, 6) is 0.162. The number of tetrazole rings is 1. The molecule has 0 unspecified atom stereocenters. The fraction of sp³-hybridized carbons (Fsp3) is 0.867. The van der Waals surface area contributed by atoms with E-state index in [0.717, 1.165) is 39.2 Å². The molecule has 128 valence electrons. The lowest BCUT2D eigenvalue weighted by Gasteiger charge is -2.31. The van der Waals surface area contributed by atoms with Gasteiger partial charge in [-0.05, 0) is 42.8 Å². The van der Waals surface area contributed by atoms with Gasteiger partial charge in [0.05, 0.1) is 12.6 Å². The van der Waals surface area contributed by atoms with Crippen molar-refractivity contribution in [2.75, 3.05) is 39.3 Å². The average molecular weight is 322 g/mol. The molecular formula is C15H26N6O2. The lowest BCUT2D eigenvalue weighted by atomic mass is 10.1. The normalized spacial score (nSPS) is 23.7. The first-order valence-electron chi connectivity index (χ1n) is 8.64. The minimum absolute atomic E-state index is 0.132. The summed E-state index contributed by atoms with van der Waals surface area (Å²) in [6.45, 7) is 6.02. The van der Waals surface area contributed by atoms with Gasteiger partial charge in [0.25, 0.3) is 0 Å². The number of rotatable bonds is 5. The molecule has 0 N–H and O–H groups in total. The maximum absolute atomic E-state index is 12.5. The zero-order chi connectivity index (χ0) is 15.9. The zero-order valence-corrected chi connectivity index (χ0v) is 13.6. The molecule has 2 saturated heterocycles. The number of aromatic nitrogens is 4. The molecule has 1 amide bonds. The highest BCUT2D eigenvalue weighted by Gasteiger charge is 2.24. The molecule has 0 spiro atoms. The Hall–Kier alpha value is -1.54. The third kappa shape index (κ3) is 4.97. The standard InChI is InChI=1S/C15H26N6O2/c22-15(5-9-21-13-16-17-18-21)20-8-4-10-23-14(12-20)11-19-6-2-1-3-7-19/h13-14H,1-12H2/t14-/m0/s1. The highest BCUT2D eigenvalue weighted by Crippen LogP contribution is 2.13. The molecule has 3 heterocycles. The molecule has 2 aliphatic heterocycles. The number of hydrogen-bond acceptors (Lipinski definition) is 6. The van der Waals surface area contributed by atoms with Crippen LogP contribution >= 0.6 is 0 Å². The predicted octanol–water partition coefficient (Wildman–Crippen LogP) is 0.167. The molecule has 1 aromatic rings. The highest BCUT2D eigenvalue weighted by molar-refractivity contribution is 5.76.